The fourth-order valence-corrected chi connectivity index (χ4v) is 3.04. The molecule has 0 N–H and O–H groups in total. The van der Waals surface area contributed by atoms with Crippen LogP contribution in [0.1, 0.15) is 24.8 Å². The van der Waals surface area contributed by atoms with Crippen molar-refractivity contribution in [1.29, 1.82) is 0 Å². The van der Waals surface area contributed by atoms with Crippen molar-refractivity contribution >= 4 is 27.6 Å². The summed E-state index contributed by atoms with van der Waals surface area (Å²) in [6, 6.07) is 7.62. The van der Waals surface area contributed by atoms with Crippen LogP contribution in [0.15, 0.2) is 33.7 Å². The minimum atomic E-state index is -0.501. The third kappa shape index (κ3) is 5.12. The molecule has 2 atom stereocenters. The van der Waals surface area contributed by atoms with Crippen molar-refractivity contribution < 1.29 is 19.0 Å². The predicted octanol–water partition coefficient (Wildman–Crippen LogP) is 2.97. The van der Waals surface area contributed by atoms with Gasteiger partial charge in [0.05, 0.1) is 33.0 Å². The van der Waals surface area contributed by atoms with Gasteiger partial charge in [-0.15, -0.1) is 0 Å². The molecule has 1 heterocycles. The van der Waals surface area contributed by atoms with Crippen molar-refractivity contribution in [3.63, 3.8) is 0 Å². The van der Waals surface area contributed by atoms with Crippen LogP contribution in [0.5, 0.6) is 0 Å². The van der Waals surface area contributed by atoms with Crippen LogP contribution in [-0.2, 0) is 19.0 Å². The summed E-state index contributed by atoms with van der Waals surface area (Å²) in [6.45, 7) is 4.36. The summed E-state index contributed by atoms with van der Waals surface area (Å²) in [6.07, 6.45) is 0.863. The van der Waals surface area contributed by atoms with Crippen LogP contribution >= 0.6 is 15.9 Å². The van der Waals surface area contributed by atoms with E-state index >= 15 is 0 Å². The second kappa shape index (κ2) is 9.15. The van der Waals surface area contributed by atoms with E-state index in [0.29, 0.717) is 26.4 Å². The standard InChI is InChI=1S/C17H22BrNO4/c1-12(19-8-7-13-11-22-9-10-23-13)16(17(20)21-2)14-5-3-4-6-15(14)18/h3-6,13,16H,7-11H2,1-2H3. The monoisotopic (exact) mass is 383 g/mol. The van der Waals surface area contributed by atoms with Crippen LogP contribution in [0, 0.1) is 0 Å². The molecule has 0 amide bonds. The highest BCUT2D eigenvalue weighted by molar-refractivity contribution is 9.10. The Morgan fingerprint density at radius 2 is 2.22 bits per heavy atom. The van der Waals surface area contributed by atoms with E-state index in [1.807, 2.05) is 31.2 Å². The van der Waals surface area contributed by atoms with Gasteiger partial charge >= 0.3 is 5.97 Å². The van der Waals surface area contributed by atoms with Crippen molar-refractivity contribution in [2.75, 3.05) is 33.5 Å². The minimum absolute atomic E-state index is 0.0836. The van der Waals surface area contributed by atoms with Crippen LogP contribution in [0.2, 0.25) is 0 Å². The number of hydrogen-bond acceptors (Lipinski definition) is 5. The second-order valence-corrected chi connectivity index (χ2v) is 6.21. The van der Waals surface area contributed by atoms with Crippen LogP contribution in [-0.4, -0.2) is 51.3 Å². The van der Waals surface area contributed by atoms with E-state index in [4.69, 9.17) is 14.2 Å². The Bertz CT molecular complexity index is 555. The van der Waals surface area contributed by atoms with Gasteiger partial charge < -0.3 is 14.2 Å². The van der Waals surface area contributed by atoms with Gasteiger partial charge in [0.15, 0.2) is 0 Å². The first kappa shape index (κ1) is 18.1. The van der Waals surface area contributed by atoms with Crippen molar-refractivity contribution in [2.45, 2.75) is 25.4 Å². The molecule has 1 aliphatic heterocycles. The van der Waals surface area contributed by atoms with Crippen molar-refractivity contribution in [3.05, 3.63) is 34.3 Å². The Kier molecular flexibility index (Phi) is 7.20. The van der Waals surface area contributed by atoms with Gasteiger partial charge in [-0.3, -0.25) is 9.79 Å². The van der Waals surface area contributed by atoms with E-state index in [-0.39, 0.29) is 12.1 Å². The zero-order valence-corrected chi connectivity index (χ0v) is 15.0. The SMILES string of the molecule is COC(=O)C(C(C)=NCCC1COCCO1)c1ccccc1Br. The first-order valence-electron chi connectivity index (χ1n) is 7.66. The number of halogens is 1. The maximum atomic E-state index is 12.2. The number of ether oxygens (including phenoxy) is 3. The molecule has 6 heteroatoms. The quantitative estimate of drug-likeness (QED) is 0.559. The molecule has 0 saturated carbocycles. The number of esters is 1. The van der Waals surface area contributed by atoms with Crippen LogP contribution in [0.3, 0.4) is 0 Å². The summed E-state index contributed by atoms with van der Waals surface area (Å²) in [4.78, 5) is 16.8. The van der Waals surface area contributed by atoms with Gasteiger partial charge in [-0.05, 0) is 25.0 Å². The van der Waals surface area contributed by atoms with Crippen molar-refractivity contribution in [2.24, 2.45) is 4.99 Å². The number of rotatable bonds is 6. The molecule has 23 heavy (non-hydrogen) atoms. The average molecular weight is 384 g/mol. The van der Waals surface area contributed by atoms with E-state index in [1.165, 1.54) is 7.11 Å². The number of benzene rings is 1. The lowest BCUT2D eigenvalue weighted by atomic mass is 9.95. The van der Waals surface area contributed by atoms with Crippen molar-refractivity contribution in [1.82, 2.24) is 0 Å². The third-order valence-corrected chi connectivity index (χ3v) is 4.49. The smallest absolute Gasteiger partial charge is 0.318 e. The number of methoxy groups -OCH3 is 1. The Balaban J connectivity index is 2.07. The lowest BCUT2D eigenvalue weighted by molar-refractivity contribution is -0.140. The Labute approximate surface area is 145 Å². The van der Waals surface area contributed by atoms with Gasteiger partial charge in [0.2, 0.25) is 0 Å². The minimum Gasteiger partial charge on any atom is -0.468 e. The molecule has 1 aliphatic rings. The summed E-state index contributed by atoms with van der Waals surface area (Å²) in [5.74, 6) is -0.811. The predicted molar refractivity (Wildman–Crippen MR) is 92.1 cm³/mol. The molecule has 0 aromatic heterocycles. The summed E-state index contributed by atoms with van der Waals surface area (Å²) in [5, 5.41) is 0. The van der Waals surface area contributed by atoms with Crippen LogP contribution < -0.4 is 0 Å². The molecular formula is C17H22BrNO4. The third-order valence-electron chi connectivity index (χ3n) is 3.77. The molecule has 1 saturated heterocycles. The lowest BCUT2D eigenvalue weighted by Gasteiger charge is -2.22. The molecule has 0 aliphatic carbocycles. The fourth-order valence-electron chi connectivity index (χ4n) is 2.53. The van der Waals surface area contributed by atoms with E-state index in [1.54, 1.807) is 0 Å². The van der Waals surface area contributed by atoms with Crippen molar-refractivity contribution in [3.8, 4) is 0 Å². The zero-order valence-electron chi connectivity index (χ0n) is 13.5. The Morgan fingerprint density at radius 3 is 2.87 bits per heavy atom. The molecule has 1 aromatic carbocycles. The number of carbonyl (C=O) groups is 1. The first-order valence-corrected chi connectivity index (χ1v) is 8.45. The highest BCUT2D eigenvalue weighted by Crippen LogP contribution is 2.27. The number of hydrogen-bond donors (Lipinski definition) is 0. The summed E-state index contributed by atoms with van der Waals surface area (Å²) < 4.78 is 16.8. The molecule has 0 spiro atoms. The van der Waals surface area contributed by atoms with Gasteiger partial charge in [0, 0.05) is 16.7 Å². The summed E-state index contributed by atoms with van der Waals surface area (Å²) in [5.41, 5.74) is 1.60. The molecule has 126 valence electrons. The first-order chi connectivity index (χ1) is 11.1. The topological polar surface area (TPSA) is 57.1 Å². The Hall–Kier alpha value is -1.24. The van der Waals surface area contributed by atoms with Gasteiger partial charge in [-0.2, -0.15) is 0 Å². The number of nitrogens with zero attached hydrogens (tertiary/aromatic N) is 1. The van der Waals surface area contributed by atoms with E-state index in [9.17, 15) is 4.79 Å². The van der Waals surface area contributed by atoms with Crippen LogP contribution in [0.25, 0.3) is 0 Å². The van der Waals surface area contributed by atoms with Gasteiger partial charge in [-0.25, -0.2) is 0 Å². The Morgan fingerprint density at radius 1 is 1.43 bits per heavy atom. The lowest BCUT2D eigenvalue weighted by Crippen LogP contribution is -2.29. The maximum Gasteiger partial charge on any atom is 0.318 e. The van der Waals surface area contributed by atoms with Crippen LogP contribution in [0.4, 0.5) is 0 Å². The average Bonchev–Trinajstić information content (AvgIpc) is 2.57. The molecule has 2 rings (SSSR count). The molecule has 1 aromatic rings. The maximum absolute atomic E-state index is 12.2. The molecule has 1 fully saturated rings. The molecular weight excluding hydrogens is 362 g/mol. The molecule has 2 unspecified atom stereocenters. The van der Waals surface area contributed by atoms with E-state index in [2.05, 4.69) is 20.9 Å². The number of carbonyl (C=O) groups excluding carboxylic acids is 1. The van der Waals surface area contributed by atoms with Gasteiger partial charge in [-0.1, -0.05) is 34.1 Å². The molecule has 0 bridgehead atoms. The fraction of sp³-hybridized carbons (Fsp3) is 0.529. The summed E-state index contributed by atoms with van der Waals surface area (Å²) >= 11 is 3.49. The molecule has 5 nitrogen and oxygen atoms in total. The highest BCUT2D eigenvalue weighted by Gasteiger charge is 2.26. The van der Waals surface area contributed by atoms with E-state index in [0.717, 1.165) is 22.2 Å². The highest BCUT2D eigenvalue weighted by atomic mass is 79.9. The van der Waals surface area contributed by atoms with E-state index < -0.39 is 5.92 Å². The van der Waals surface area contributed by atoms with Gasteiger partial charge in [0.25, 0.3) is 0 Å². The number of aliphatic imine (C=N–C) groups is 1. The summed E-state index contributed by atoms with van der Waals surface area (Å²) in [7, 11) is 1.40. The van der Waals surface area contributed by atoms with Gasteiger partial charge in [0.1, 0.15) is 5.92 Å². The zero-order chi connectivity index (χ0) is 16.7. The second-order valence-electron chi connectivity index (χ2n) is 5.36. The molecule has 0 radical (unpaired) electrons. The largest absolute Gasteiger partial charge is 0.468 e. The normalized spacial score (nSPS) is 20.1.